The zero-order valence-electron chi connectivity index (χ0n) is 9.74. The molecule has 4 rings (SSSR count). The molecule has 0 N–H and O–H groups in total. The second-order valence-electron chi connectivity index (χ2n) is 5.15. The van der Waals surface area contributed by atoms with Gasteiger partial charge < -0.3 is 0 Å². The first-order valence-electron chi connectivity index (χ1n) is 6.18. The van der Waals surface area contributed by atoms with Gasteiger partial charge in [-0.15, -0.1) is 0 Å². The van der Waals surface area contributed by atoms with Crippen LogP contribution in [0.3, 0.4) is 0 Å². The molecule has 2 aromatic carbocycles. The third kappa shape index (κ3) is 1.03. The van der Waals surface area contributed by atoms with Crippen LogP contribution in [0.4, 0.5) is 0 Å². The molecule has 2 unspecified atom stereocenters. The molecule has 2 aliphatic carbocycles. The van der Waals surface area contributed by atoms with Crippen molar-refractivity contribution in [2.75, 3.05) is 0 Å². The minimum atomic E-state index is 0.702. The highest BCUT2D eigenvalue weighted by atomic mass is 14.5. The maximum absolute atomic E-state index is 4.20. The second kappa shape index (κ2) is 2.89. The molecule has 0 saturated heterocycles. The molecule has 0 aromatic heterocycles. The Kier molecular flexibility index (Phi) is 1.57. The Labute approximate surface area is 101 Å². The summed E-state index contributed by atoms with van der Waals surface area (Å²) in [7, 11) is 0. The van der Waals surface area contributed by atoms with E-state index < -0.39 is 0 Å². The first-order valence-corrected chi connectivity index (χ1v) is 6.18. The van der Waals surface area contributed by atoms with Crippen LogP contribution in [0.5, 0.6) is 0 Å². The van der Waals surface area contributed by atoms with Crippen molar-refractivity contribution in [3.8, 4) is 0 Å². The lowest BCUT2D eigenvalue weighted by Crippen LogP contribution is -2.29. The van der Waals surface area contributed by atoms with Crippen molar-refractivity contribution in [2.45, 2.75) is 12.3 Å². The highest BCUT2D eigenvalue weighted by molar-refractivity contribution is 5.92. The van der Waals surface area contributed by atoms with Gasteiger partial charge >= 0.3 is 0 Å². The Morgan fingerprint density at radius 1 is 1.12 bits per heavy atom. The van der Waals surface area contributed by atoms with Crippen LogP contribution in [0.1, 0.15) is 17.9 Å². The summed E-state index contributed by atoms with van der Waals surface area (Å²) in [4.78, 5) is 0. The first-order chi connectivity index (χ1) is 8.31. The predicted octanol–water partition coefficient (Wildman–Crippen LogP) is 2.70. The van der Waals surface area contributed by atoms with E-state index in [0.29, 0.717) is 5.92 Å². The number of benzene rings is 2. The monoisotopic (exact) mass is 218 g/mol. The van der Waals surface area contributed by atoms with Crippen LogP contribution < -0.4 is 10.4 Å². The number of hydrogen-bond acceptors (Lipinski definition) is 0. The lowest BCUT2D eigenvalue weighted by Gasteiger charge is -2.15. The molecule has 2 atom stereocenters. The Bertz CT molecular complexity index is 764. The lowest BCUT2D eigenvalue weighted by molar-refractivity contribution is 1.02. The lowest BCUT2D eigenvalue weighted by atomic mass is 9.89. The van der Waals surface area contributed by atoms with Crippen molar-refractivity contribution in [1.82, 2.24) is 0 Å². The minimum Gasteiger partial charge on any atom is -0.0988 e. The largest absolute Gasteiger partial charge is 0.0988 e. The summed E-state index contributed by atoms with van der Waals surface area (Å²) in [6.45, 7) is 8.20. The molecule has 0 amide bonds. The Morgan fingerprint density at radius 3 is 2.82 bits per heavy atom. The van der Waals surface area contributed by atoms with Gasteiger partial charge in [0, 0.05) is 0 Å². The van der Waals surface area contributed by atoms with E-state index in [1.165, 1.54) is 33.5 Å². The molecule has 0 bridgehead atoms. The zero-order valence-corrected chi connectivity index (χ0v) is 9.74. The van der Waals surface area contributed by atoms with Gasteiger partial charge in [-0.25, -0.2) is 0 Å². The smallest absolute Gasteiger partial charge is 0.00676 e. The molecule has 0 nitrogen and oxygen atoms in total. The molecular formula is C17H14. The van der Waals surface area contributed by atoms with E-state index in [1.54, 1.807) is 0 Å². The third-order valence-corrected chi connectivity index (χ3v) is 4.26. The Balaban J connectivity index is 2.39. The third-order valence-electron chi connectivity index (χ3n) is 4.26. The average molecular weight is 218 g/mol. The zero-order chi connectivity index (χ0) is 11.6. The summed E-state index contributed by atoms with van der Waals surface area (Å²) in [5.41, 5.74) is 2.95. The molecule has 2 aromatic rings. The minimum absolute atomic E-state index is 0.702. The summed E-state index contributed by atoms with van der Waals surface area (Å²) in [6, 6.07) is 11.0. The molecule has 1 fully saturated rings. The highest BCUT2D eigenvalue weighted by Gasteiger charge is 2.43. The maximum atomic E-state index is 4.20. The van der Waals surface area contributed by atoms with Crippen LogP contribution in [-0.2, 0) is 0 Å². The van der Waals surface area contributed by atoms with Crippen LogP contribution >= 0.6 is 0 Å². The maximum Gasteiger partial charge on any atom is -0.00676 e. The van der Waals surface area contributed by atoms with Gasteiger partial charge in [-0.2, -0.15) is 0 Å². The second-order valence-corrected chi connectivity index (χ2v) is 5.15. The molecule has 17 heavy (non-hydrogen) atoms. The van der Waals surface area contributed by atoms with Gasteiger partial charge in [-0.3, -0.25) is 0 Å². The van der Waals surface area contributed by atoms with Crippen molar-refractivity contribution in [2.24, 2.45) is 5.92 Å². The van der Waals surface area contributed by atoms with Crippen molar-refractivity contribution >= 4 is 22.9 Å². The average Bonchev–Trinajstić information content (AvgIpc) is 3.13. The van der Waals surface area contributed by atoms with Crippen LogP contribution in [-0.4, -0.2) is 0 Å². The van der Waals surface area contributed by atoms with Crippen LogP contribution in [0, 0.1) is 5.92 Å². The topological polar surface area (TPSA) is 0 Å². The van der Waals surface area contributed by atoms with E-state index in [0.717, 1.165) is 11.1 Å². The quantitative estimate of drug-likeness (QED) is 0.690. The number of allylic oxidation sites excluding steroid dienone is 1. The van der Waals surface area contributed by atoms with Crippen molar-refractivity contribution in [3.05, 3.63) is 59.0 Å². The molecular weight excluding hydrogens is 204 g/mol. The van der Waals surface area contributed by atoms with Gasteiger partial charge in [0.2, 0.25) is 0 Å². The SMILES string of the molecule is C=CC1=c2c(=C)ccc3cccc(c23)C2CC12. The first kappa shape index (κ1) is 9.23. The number of hydrogen-bond donors (Lipinski definition) is 0. The fourth-order valence-electron chi connectivity index (χ4n) is 3.41. The predicted molar refractivity (Wildman–Crippen MR) is 73.2 cm³/mol. The summed E-state index contributed by atoms with van der Waals surface area (Å²) in [6.07, 6.45) is 3.33. The van der Waals surface area contributed by atoms with Gasteiger partial charge in [-0.05, 0) is 50.6 Å². The van der Waals surface area contributed by atoms with Crippen molar-refractivity contribution in [3.63, 3.8) is 0 Å². The molecule has 82 valence electrons. The molecule has 2 aliphatic rings. The Hall–Kier alpha value is -1.82. The van der Waals surface area contributed by atoms with E-state index in [9.17, 15) is 0 Å². The molecule has 0 heteroatoms. The normalized spacial score (nSPS) is 24.6. The van der Waals surface area contributed by atoms with Crippen molar-refractivity contribution in [1.29, 1.82) is 0 Å². The molecule has 0 radical (unpaired) electrons. The molecule has 0 heterocycles. The van der Waals surface area contributed by atoms with E-state index in [-0.39, 0.29) is 0 Å². The van der Waals surface area contributed by atoms with E-state index >= 15 is 0 Å². The van der Waals surface area contributed by atoms with Gasteiger partial charge in [0.1, 0.15) is 0 Å². The number of fused-ring (bicyclic) bond motifs is 2. The Morgan fingerprint density at radius 2 is 2.00 bits per heavy atom. The van der Waals surface area contributed by atoms with Gasteiger partial charge in [0.05, 0.1) is 0 Å². The van der Waals surface area contributed by atoms with Crippen LogP contribution in [0.25, 0.3) is 22.9 Å². The standard InChI is InChI=1S/C17H14/c1-3-12-14-9-15(14)13-6-4-5-11-8-7-10(2)16(12)17(11)13/h3-8,14-15H,1-2,9H2. The van der Waals surface area contributed by atoms with Crippen LogP contribution in [0.15, 0.2) is 43.0 Å². The van der Waals surface area contributed by atoms with E-state index in [4.69, 9.17) is 0 Å². The van der Waals surface area contributed by atoms with Gasteiger partial charge in [-0.1, -0.05) is 49.6 Å². The van der Waals surface area contributed by atoms with E-state index in [2.05, 4.69) is 43.5 Å². The van der Waals surface area contributed by atoms with Crippen LogP contribution in [0.2, 0.25) is 0 Å². The van der Waals surface area contributed by atoms with E-state index in [1.807, 2.05) is 6.08 Å². The fraction of sp³-hybridized carbons (Fsp3) is 0.176. The molecule has 0 aliphatic heterocycles. The molecule has 0 spiro atoms. The summed E-state index contributed by atoms with van der Waals surface area (Å²) in [5, 5.41) is 5.26. The summed E-state index contributed by atoms with van der Waals surface area (Å²) < 4.78 is 0. The summed E-state index contributed by atoms with van der Waals surface area (Å²) >= 11 is 0. The molecule has 1 saturated carbocycles. The van der Waals surface area contributed by atoms with Crippen molar-refractivity contribution < 1.29 is 0 Å². The summed E-state index contributed by atoms with van der Waals surface area (Å²) in [5.74, 6) is 1.44. The fourth-order valence-corrected chi connectivity index (χ4v) is 3.41. The van der Waals surface area contributed by atoms with Gasteiger partial charge in [0.25, 0.3) is 0 Å². The van der Waals surface area contributed by atoms with Gasteiger partial charge in [0.15, 0.2) is 0 Å². The number of rotatable bonds is 1. The highest BCUT2D eigenvalue weighted by Crippen LogP contribution is 2.55.